The molecule has 0 bridgehead atoms. The number of hydrogen-bond donors (Lipinski definition) is 2. The number of nitrogens with zero attached hydrogens (tertiary/aromatic N) is 1. The Morgan fingerprint density at radius 2 is 2.17 bits per heavy atom. The zero-order chi connectivity index (χ0) is 18.3. The molecule has 1 rings (SSSR count). The summed E-state index contributed by atoms with van der Waals surface area (Å²) in [7, 11) is -2.04. The zero-order valence-electron chi connectivity index (χ0n) is 13.8. The summed E-state index contributed by atoms with van der Waals surface area (Å²) in [5.74, 6) is -1.08. The summed E-state index contributed by atoms with van der Waals surface area (Å²) in [6, 6.07) is 0.535. The van der Waals surface area contributed by atoms with Crippen molar-refractivity contribution in [1.82, 2.24) is 4.72 Å². The van der Waals surface area contributed by atoms with Crippen molar-refractivity contribution in [2.45, 2.75) is 36.9 Å². The molecule has 136 valence electrons. The van der Waals surface area contributed by atoms with Crippen LogP contribution in [-0.2, 0) is 24.2 Å². The van der Waals surface area contributed by atoms with E-state index in [-0.39, 0.29) is 23.2 Å². The first-order valence-electron chi connectivity index (χ1n) is 7.28. The van der Waals surface area contributed by atoms with Gasteiger partial charge in [0, 0.05) is 12.5 Å². The molecule has 1 aromatic rings. The molecule has 1 aromatic heterocycles. The number of methoxy groups -OCH3 is 1. The second kappa shape index (κ2) is 9.47. The molecule has 0 aliphatic carbocycles. The van der Waals surface area contributed by atoms with Gasteiger partial charge in [0.25, 0.3) is 5.91 Å². The fourth-order valence-corrected chi connectivity index (χ4v) is 4.85. The summed E-state index contributed by atoms with van der Waals surface area (Å²) in [6.07, 6.45) is 0.398. The van der Waals surface area contributed by atoms with Crippen LogP contribution in [0.2, 0.25) is 5.02 Å². The van der Waals surface area contributed by atoms with Crippen LogP contribution in [0.5, 0.6) is 0 Å². The molecule has 0 aliphatic rings. The standard InChI is InChI=1S/C14H22ClN3O4S2/c1-9(2)6-11(16)14(20)18-24(21,13-7-10(15)8-23-13)17-12(19)4-5-22-3/h7-9,11H,4-6,16H2,1-3H3,(H,17,18,19,20,21)/t11-,24?/m0/s1. The maximum Gasteiger partial charge on any atom is 0.272 e. The monoisotopic (exact) mass is 395 g/mol. The van der Waals surface area contributed by atoms with Crippen molar-refractivity contribution in [1.29, 1.82) is 0 Å². The molecule has 10 heteroatoms. The van der Waals surface area contributed by atoms with E-state index in [9.17, 15) is 13.8 Å². The second-order valence-corrected chi connectivity index (χ2v) is 9.03. The van der Waals surface area contributed by atoms with Gasteiger partial charge in [0.05, 0.1) is 24.1 Å². The van der Waals surface area contributed by atoms with Crippen LogP contribution in [0, 0.1) is 5.92 Å². The Labute approximate surface area is 151 Å². The molecule has 7 nitrogen and oxygen atoms in total. The van der Waals surface area contributed by atoms with Gasteiger partial charge in [-0.25, -0.2) is 4.21 Å². The zero-order valence-corrected chi connectivity index (χ0v) is 16.2. The fourth-order valence-electron chi connectivity index (χ4n) is 1.76. The van der Waals surface area contributed by atoms with Crippen molar-refractivity contribution in [2.24, 2.45) is 16.0 Å². The van der Waals surface area contributed by atoms with Crippen LogP contribution in [0.25, 0.3) is 0 Å². The average molecular weight is 396 g/mol. The van der Waals surface area contributed by atoms with Gasteiger partial charge in [0.2, 0.25) is 5.91 Å². The Hall–Kier alpha value is -1.000. The van der Waals surface area contributed by atoms with E-state index in [1.54, 1.807) is 5.38 Å². The fraction of sp³-hybridized carbons (Fsp3) is 0.571. The number of amides is 2. The summed E-state index contributed by atoms with van der Waals surface area (Å²) < 4.78 is 24.2. The summed E-state index contributed by atoms with van der Waals surface area (Å²) in [5.41, 5.74) is 5.80. The molecule has 2 atom stereocenters. The minimum Gasteiger partial charge on any atom is -0.384 e. The van der Waals surface area contributed by atoms with Gasteiger partial charge in [-0.1, -0.05) is 25.4 Å². The van der Waals surface area contributed by atoms with Crippen LogP contribution in [0.15, 0.2) is 20.0 Å². The van der Waals surface area contributed by atoms with Crippen molar-refractivity contribution in [3.8, 4) is 0 Å². The van der Waals surface area contributed by atoms with Gasteiger partial charge in [-0.15, -0.1) is 15.7 Å². The number of hydrogen-bond acceptors (Lipinski definition) is 6. The highest BCUT2D eigenvalue weighted by Gasteiger charge is 2.23. The molecule has 1 unspecified atom stereocenters. The Balaban J connectivity index is 3.14. The van der Waals surface area contributed by atoms with Gasteiger partial charge in [-0.3, -0.25) is 14.3 Å². The topological polar surface area (TPSA) is 111 Å². The van der Waals surface area contributed by atoms with E-state index >= 15 is 0 Å². The molecule has 0 saturated heterocycles. The number of thiophene rings is 1. The molecule has 0 fully saturated rings. The van der Waals surface area contributed by atoms with Crippen molar-refractivity contribution in [3.63, 3.8) is 0 Å². The molecule has 2 amide bonds. The maximum absolute atomic E-state index is 13.1. The first-order valence-corrected chi connectivity index (χ1v) is 10.1. The van der Waals surface area contributed by atoms with Gasteiger partial charge in [0.1, 0.15) is 4.21 Å². The third kappa shape index (κ3) is 6.48. The first-order chi connectivity index (χ1) is 11.2. The van der Waals surface area contributed by atoms with Crippen LogP contribution in [-0.4, -0.2) is 35.8 Å². The molecule has 24 heavy (non-hydrogen) atoms. The van der Waals surface area contributed by atoms with Gasteiger partial charge in [0.15, 0.2) is 9.92 Å². The summed E-state index contributed by atoms with van der Waals surface area (Å²) in [5, 5.41) is 1.90. The highest BCUT2D eigenvalue weighted by molar-refractivity contribution is 7.94. The second-order valence-electron chi connectivity index (χ2n) is 5.54. The first kappa shape index (κ1) is 21.0. The molecule has 3 N–H and O–H groups in total. The Morgan fingerprint density at radius 3 is 2.67 bits per heavy atom. The summed E-state index contributed by atoms with van der Waals surface area (Å²) in [4.78, 5) is 24.1. The molecule has 0 aromatic carbocycles. The van der Waals surface area contributed by atoms with Gasteiger partial charge in [-0.05, 0) is 18.4 Å². The van der Waals surface area contributed by atoms with Gasteiger partial charge < -0.3 is 10.5 Å². The lowest BCUT2D eigenvalue weighted by molar-refractivity contribution is -0.120. The van der Waals surface area contributed by atoms with E-state index in [0.29, 0.717) is 11.4 Å². The number of nitrogens with two attached hydrogens (primary N) is 1. The molecular weight excluding hydrogens is 374 g/mol. The molecular formula is C14H22ClN3O4S2. The molecule has 1 heterocycles. The lowest BCUT2D eigenvalue weighted by atomic mass is 10.0. The maximum atomic E-state index is 13.1. The minimum absolute atomic E-state index is 0.00560. The van der Waals surface area contributed by atoms with Gasteiger partial charge >= 0.3 is 0 Å². The number of carbonyl (C=O) groups excluding carboxylic acids is 2. The van der Waals surface area contributed by atoms with Gasteiger partial charge in [-0.2, -0.15) is 0 Å². The normalized spacial score (nSPS) is 14.9. The molecule has 0 aliphatic heterocycles. The van der Waals surface area contributed by atoms with E-state index < -0.39 is 27.8 Å². The highest BCUT2D eigenvalue weighted by atomic mass is 35.5. The SMILES string of the molecule is COCCC(=O)NS(=O)(=NC(=O)[C@@H](N)CC(C)C)c1cc(Cl)cs1. The van der Waals surface area contributed by atoms with Crippen molar-refractivity contribution in [3.05, 3.63) is 16.5 Å². The van der Waals surface area contributed by atoms with E-state index in [4.69, 9.17) is 22.1 Å². The summed E-state index contributed by atoms with van der Waals surface area (Å²) in [6.45, 7) is 3.99. The number of halogens is 1. The van der Waals surface area contributed by atoms with Crippen LogP contribution in [0.3, 0.4) is 0 Å². The third-order valence-corrected chi connectivity index (χ3v) is 6.50. The van der Waals surface area contributed by atoms with Crippen molar-refractivity contribution >= 4 is 44.7 Å². The van der Waals surface area contributed by atoms with Crippen LogP contribution >= 0.6 is 22.9 Å². The van der Waals surface area contributed by atoms with E-state index in [1.165, 1.54) is 13.2 Å². The quantitative estimate of drug-likeness (QED) is 0.700. The number of carbonyl (C=O) groups is 2. The molecule has 0 saturated carbocycles. The Bertz CT molecular complexity index is 696. The summed E-state index contributed by atoms with van der Waals surface area (Å²) >= 11 is 6.91. The van der Waals surface area contributed by atoms with E-state index in [1.807, 2.05) is 13.8 Å². The largest absolute Gasteiger partial charge is 0.384 e. The van der Waals surface area contributed by atoms with Crippen LogP contribution in [0.4, 0.5) is 0 Å². The van der Waals surface area contributed by atoms with Crippen molar-refractivity contribution in [2.75, 3.05) is 13.7 Å². The Morgan fingerprint density at radius 1 is 1.50 bits per heavy atom. The smallest absolute Gasteiger partial charge is 0.272 e. The number of nitrogens with one attached hydrogen (secondary N) is 1. The molecule has 0 radical (unpaired) electrons. The van der Waals surface area contributed by atoms with E-state index in [2.05, 4.69) is 9.08 Å². The average Bonchev–Trinajstić information content (AvgIpc) is 2.91. The predicted octanol–water partition coefficient (Wildman–Crippen LogP) is 2.20. The highest BCUT2D eigenvalue weighted by Crippen LogP contribution is 2.25. The molecule has 0 spiro atoms. The third-order valence-electron chi connectivity index (χ3n) is 2.86. The number of ether oxygens (including phenoxy) is 1. The predicted molar refractivity (Wildman–Crippen MR) is 95.2 cm³/mol. The Kier molecular flexibility index (Phi) is 8.31. The van der Waals surface area contributed by atoms with Crippen LogP contribution in [0.1, 0.15) is 26.7 Å². The number of rotatable bonds is 8. The van der Waals surface area contributed by atoms with E-state index in [0.717, 1.165) is 11.3 Å². The van der Waals surface area contributed by atoms with Crippen molar-refractivity contribution < 1.29 is 18.5 Å². The lowest BCUT2D eigenvalue weighted by Gasteiger charge is -2.13. The lowest BCUT2D eigenvalue weighted by Crippen LogP contribution is -2.35. The van der Waals surface area contributed by atoms with Crippen LogP contribution < -0.4 is 10.5 Å². The minimum atomic E-state index is -3.48.